The third-order valence-electron chi connectivity index (χ3n) is 3.40. The number of alkyl halides is 1. The van der Waals surface area contributed by atoms with Crippen LogP contribution in [-0.2, 0) is 9.53 Å². The standard InChI is InChI=1S/C16H31BrO2/c1-3-5-6-7-8-9-10-11-13-15(12-4-2)19-16(18)14-17/h15H,3-14H2,1-2H3. The van der Waals surface area contributed by atoms with Gasteiger partial charge in [0.2, 0.25) is 0 Å². The zero-order valence-corrected chi connectivity index (χ0v) is 14.3. The van der Waals surface area contributed by atoms with Gasteiger partial charge in [0.15, 0.2) is 0 Å². The van der Waals surface area contributed by atoms with Gasteiger partial charge in [-0.3, -0.25) is 4.79 Å². The summed E-state index contributed by atoms with van der Waals surface area (Å²) in [6.45, 7) is 4.39. The third-order valence-corrected chi connectivity index (χ3v) is 3.86. The zero-order valence-electron chi connectivity index (χ0n) is 12.8. The molecule has 3 heteroatoms. The van der Waals surface area contributed by atoms with Gasteiger partial charge in [-0.25, -0.2) is 0 Å². The van der Waals surface area contributed by atoms with Gasteiger partial charge in [-0.15, -0.1) is 0 Å². The largest absolute Gasteiger partial charge is 0.462 e. The van der Waals surface area contributed by atoms with Gasteiger partial charge in [0.1, 0.15) is 11.4 Å². The summed E-state index contributed by atoms with van der Waals surface area (Å²) in [5.74, 6) is -0.127. The Morgan fingerprint density at radius 1 is 0.895 bits per heavy atom. The molecule has 0 aromatic heterocycles. The van der Waals surface area contributed by atoms with Crippen molar-refractivity contribution in [2.24, 2.45) is 0 Å². The fourth-order valence-corrected chi connectivity index (χ4v) is 2.44. The molecular formula is C16H31BrO2. The highest BCUT2D eigenvalue weighted by Gasteiger charge is 2.12. The zero-order chi connectivity index (χ0) is 14.3. The van der Waals surface area contributed by atoms with Crippen LogP contribution in [-0.4, -0.2) is 17.4 Å². The van der Waals surface area contributed by atoms with Crippen molar-refractivity contribution in [3.63, 3.8) is 0 Å². The molecule has 0 N–H and O–H groups in total. The molecule has 114 valence electrons. The SMILES string of the molecule is CCCCCCCCCCC(CCC)OC(=O)CBr. The van der Waals surface area contributed by atoms with E-state index < -0.39 is 0 Å². The fourth-order valence-electron chi connectivity index (χ4n) is 2.31. The highest BCUT2D eigenvalue weighted by molar-refractivity contribution is 9.09. The number of esters is 1. The molecule has 0 rings (SSSR count). The molecule has 0 spiro atoms. The molecule has 0 aliphatic heterocycles. The Bertz CT molecular complexity index is 207. The van der Waals surface area contributed by atoms with E-state index in [0.717, 1.165) is 19.3 Å². The highest BCUT2D eigenvalue weighted by atomic mass is 79.9. The van der Waals surface area contributed by atoms with Crippen LogP contribution in [0, 0.1) is 0 Å². The number of carbonyl (C=O) groups is 1. The molecule has 0 heterocycles. The molecule has 0 fully saturated rings. The van der Waals surface area contributed by atoms with Crippen LogP contribution in [0.1, 0.15) is 84.5 Å². The Kier molecular flexibility index (Phi) is 14.3. The Hall–Kier alpha value is -0.0500. The second-order valence-electron chi connectivity index (χ2n) is 5.30. The second kappa shape index (κ2) is 14.4. The monoisotopic (exact) mass is 334 g/mol. The van der Waals surface area contributed by atoms with E-state index in [1.54, 1.807) is 0 Å². The summed E-state index contributed by atoms with van der Waals surface area (Å²) in [7, 11) is 0. The smallest absolute Gasteiger partial charge is 0.316 e. The Morgan fingerprint density at radius 3 is 2.00 bits per heavy atom. The van der Waals surface area contributed by atoms with Crippen LogP contribution < -0.4 is 0 Å². The average molecular weight is 335 g/mol. The number of ether oxygens (including phenoxy) is 1. The van der Waals surface area contributed by atoms with E-state index in [0.29, 0.717) is 5.33 Å². The molecule has 19 heavy (non-hydrogen) atoms. The van der Waals surface area contributed by atoms with Crippen LogP contribution in [0.2, 0.25) is 0 Å². The minimum atomic E-state index is -0.127. The predicted octanol–water partition coefficient (Wildman–Crippen LogP) is 5.62. The van der Waals surface area contributed by atoms with E-state index in [1.807, 2.05) is 0 Å². The molecule has 0 saturated heterocycles. The molecule has 2 nitrogen and oxygen atoms in total. The van der Waals surface area contributed by atoms with E-state index in [2.05, 4.69) is 29.8 Å². The van der Waals surface area contributed by atoms with Crippen molar-refractivity contribution in [3.05, 3.63) is 0 Å². The van der Waals surface area contributed by atoms with Gasteiger partial charge in [-0.2, -0.15) is 0 Å². The Balaban J connectivity index is 3.50. The summed E-state index contributed by atoms with van der Waals surface area (Å²) in [5, 5.41) is 0.310. The molecule has 0 aromatic carbocycles. The second-order valence-corrected chi connectivity index (χ2v) is 5.86. The Morgan fingerprint density at radius 2 is 1.47 bits per heavy atom. The number of hydrogen-bond acceptors (Lipinski definition) is 2. The van der Waals surface area contributed by atoms with Gasteiger partial charge >= 0.3 is 5.97 Å². The summed E-state index contributed by atoms with van der Waals surface area (Å²) >= 11 is 3.14. The lowest BCUT2D eigenvalue weighted by molar-refractivity contribution is -0.146. The van der Waals surface area contributed by atoms with Gasteiger partial charge in [0, 0.05) is 0 Å². The lowest BCUT2D eigenvalue weighted by atomic mass is 10.0. The van der Waals surface area contributed by atoms with Crippen molar-refractivity contribution in [2.75, 3.05) is 5.33 Å². The highest BCUT2D eigenvalue weighted by Crippen LogP contribution is 2.15. The molecular weight excluding hydrogens is 304 g/mol. The molecule has 0 saturated carbocycles. The molecule has 0 aliphatic carbocycles. The maximum atomic E-state index is 11.3. The fraction of sp³-hybridized carbons (Fsp3) is 0.938. The first-order valence-electron chi connectivity index (χ1n) is 8.00. The van der Waals surface area contributed by atoms with E-state index in [-0.39, 0.29) is 12.1 Å². The molecule has 0 aliphatic rings. The summed E-state index contributed by atoms with van der Waals surface area (Å²) in [5.41, 5.74) is 0. The third kappa shape index (κ3) is 12.7. The van der Waals surface area contributed by atoms with E-state index in [1.165, 1.54) is 51.4 Å². The predicted molar refractivity (Wildman–Crippen MR) is 85.8 cm³/mol. The first-order valence-corrected chi connectivity index (χ1v) is 9.12. The lowest BCUT2D eigenvalue weighted by Crippen LogP contribution is -2.18. The number of carbonyl (C=O) groups excluding carboxylic acids is 1. The van der Waals surface area contributed by atoms with Crippen molar-refractivity contribution < 1.29 is 9.53 Å². The van der Waals surface area contributed by atoms with Gasteiger partial charge in [-0.1, -0.05) is 81.1 Å². The van der Waals surface area contributed by atoms with Crippen molar-refractivity contribution in [1.82, 2.24) is 0 Å². The van der Waals surface area contributed by atoms with E-state index in [9.17, 15) is 4.79 Å². The topological polar surface area (TPSA) is 26.3 Å². The normalized spacial score (nSPS) is 12.4. The van der Waals surface area contributed by atoms with Gasteiger partial charge in [0.25, 0.3) is 0 Å². The van der Waals surface area contributed by atoms with Crippen LogP contribution in [0.15, 0.2) is 0 Å². The van der Waals surface area contributed by atoms with Crippen LogP contribution in [0.3, 0.4) is 0 Å². The van der Waals surface area contributed by atoms with Crippen LogP contribution in [0.4, 0.5) is 0 Å². The van der Waals surface area contributed by atoms with Gasteiger partial charge in [0.05, 0.1) is 0 Å². The summed E-state index contributed by atoms with van der Waals surface area (Å²) in [6, 6.07) is 0. The number of hydrogen-bond donors (Lipinski definition) is 0. The van der Waals surface area contributed by atoms with Gasteiger partial charge in [-0.05, 0) is 19.3 Å². The van der Waals surface area contributed by atoms with Crippen molar-refractivity contribution in [1.29, 1.82) is 0 Å². The first kappa shape index (κ1) is 18.9. The van der Waals surface area contributed by atoms with Crippen LogP contribution in [0.5, 0.6) is 0 Å². The van der Waals surface area contributed by atoms with Crippen molar-refractivity contribution in [3.8, 4) is 0 Å². The number of unbranched alkanes of at least 4 members (excludes halogenated alkanes) is 7. The van der Waals surface area contributed by atoms with Crippen molar-refractivity contribution >= 4 is 21.9 Å². The molecule has 0 radical (unpaired) electrons. The van der Waals surface area contributed by atoms with E-state index in [4.69, 9.17) is 4.74 Å². The molecule has 0 aromatic rings. The van der Waals surface area contributed by atoms with Crippen LogP contribution in [0.25, 0.3) is 0 Å². The minimum Gasteiger partial charge on any atom is -0.462 e. The maximum Gasteiger partial charge on any atom is 0.316 e. The van der Waals surface area contributed by atoms with Gasteiger partial charge < -0.3 is 4.74 Å². The summed E-state index contributed by atoms with van der Waals surface area (Å²) in [6.07, 6.45) is 13.9. The first-order chi connectivity index (χ1) is 9.24. The maximum absolute atomic E-state index is 11.3. The molecule has 0 bridgehead atoms. The summed E-state index contributed by atoms with van der Waals surface area (Å²) < 4.78 is 5.41. The molecule has 0 amide bonds. The molecule has 1 atom stereocenters. The summed E-state index contributed by atoms with van der Waals surface area (Å²) in [4.78, 5) is 11.3. The Labute approximate surface area is 127 Å². The average Bonchev–Trinajstić information content (AvgIpc) is 2.41. The van der Waals surface area contributed by atoms with Crippen molar-refractivity contribution in [2.45, 2.75) is 90.6 Å². The number of halogens is 1. The van der Waals surface area contributed by atoms with E-state index >= 15 is 0 Å². The lowest BCUT2D eigenvalue weighted by Gasteiger charge is -2.16. The van der Waals surface area contributed by atoms with Crippen LogP contribution >= 0.6 is 15.9 Å². The number of rotatable bonds is 13. The molecule has 1 unspecified atom stereocenters. The minimum absolute atomic E-state index is 0.127. The quantitative estimate of drug-likeness (QED) is 0.248.